The van der Waals surface area contributed by atoms with Crippen LogP contribution in [0.2, 0.25) is 0 Å². The van der Waals surface area contributed by atoms with Crippen LogP contribution in [0.1, 0.15) is 25.3 Å². The van der Waals surface area contributed by atoms with Crippen LogP contribution in [-0.2, 0) is 20.9 Å². The minimum atomic E-state index is -0.422. The summed E-state index contributed by atoms with van der Waals surface area (Å²) in [7, 11) is 0. The zero-order chi connectivity index (χ0) is 15.7. The Hall–Kier alpha value is -2.37. The largest absolute Gasteiger partial charge is 0.445 e. The molecule has 0 bridgehead atoms. The van der Waals surface area contributed by atoms with Crippen LogP contribution in [0.25, 0.3) is 0 Å². The number of rotatable bonds is 2. The molecule has 0 aromatic heterocycles. The third kappa shape index (κ3) is 2.56. The highest BCUT2D eigenvalue weighted by Crippen LogP contribution is 2.32. The van der Waals surface area contributed by atoms with E-state index >= 15 is 0 Å². The summed E-state index contributed by atoms with van der Waals surface area (Å²) in [5.41, 5.74) is 0.916. The van der Waals surface area contributed by atoms with Crippen molar-refractivity contribution in [3.63, 3.8) is 0 Å². The molecule has 2 fully saturated rings. The first-order chi connectivity index (χ1) is 10.6. The summed E-state index contributed by atoms with van der Waals surface area (Å²) < 4.78 is 5.32. The first kappa shape index (κ1) is 14.6. The van der Waals surface area contributed by atoms with E-state index in [0.29, 0.717) is 13.0 Å². The van der Waals surface area contributed by atoms with Gasteiger partial charge in [0.15, 0.2) is 0 Å². The molecule has 6 heteroatoms. The highest BCUT2D eigenvalue weighted by Gasteiger charge is 2.50. The second-order valence-electron chi connectivity index (χ2n) is 5.64. The van der Waals surface area contributed by atoms with Crippen molar-refractivity contribution in [1.29, 1.82) is 0 Å². The number of ether oxygens (including phenoxy) is 1. The number of carbonyl (C=O) groups is 3. The van der Waals surface area contributed by atoms with Crippen LogP contribution >= 0.6 is 0 Å². The second-order valence-corrected chi connectivity index (χ2v) is 5.64. The van der Waals surface area contributed by atoms with Crippen molar-refractivity contribution in [3.05, 3.63) is 35.9 Å². The van der Waals surface area contributed by atoms with Crippen molar-refractivity contribution < 1.29 is 19.1 Å². The van der Waals surface area contributed by atoms with E-state index in [0.717, 1.165) is 5.56 Å². The summed E-state index contributed by atoms with van der Waals surface area (Å²) in [5, 5.41) is 0. The Morgan fingerprint density at radius 1 is 1.23 bits per heavy atom. The maximum atomic E-state index is 12.2. The molecule has 0 saturated carbocycles. The van der Waals surface area contributed by atoms with E-state index in [-0.39, 0.29) is 36.9 Å². The Morgan fingerprint density at radius 3 is 2.64 bits per heavy atom. The molecule has 3 rings (SSSR count). The number of imide groups is 1. The molecule has 0 N–H and O–H groups in total. The Bertz CT molecular complexity index is 601. The van der Waals surface area contributed by atoms with E-state index < -0.39 is 6.09 Å². The van der Waals surface area contributed by atoms with Crippen LogP contribution in [0.4, 0.5) is 4.79 Å². The summed E-state index contributed by atoms with van der Waals surface area (Å²) >= 11 is 0. The molecule has 2 atom stereocenters. The molecule has 1 aromatic rings. The predicted octanol–water partition coefficient (Wildman–Crippen LogP) is 1.54. The van der Waals surface area contributed by atoms with E-state index in [1.54, 1.807) is 4.90 Å². The van der Waals surface area contributed by atoms with Crippen molar-refractivity contribution in [2.24, 2.45) is 0 Å². The molecule has 2 heterocycles. The van der Waals surface area contributed by atoms with Gasteiger partial charge < -0.3 is 9.64 Å². The summed E-state index contributed by atoms with van der Waals surface area (Å²) in [6, 6.07) is 8.99. The van der Waals surface area contributed by atoms with Gasteiger partial charge in [-0.25, -0.2) is 4.79 Å². The lowest BCUT2D eigenvalue weighted by Crippen LogP contribution is -2.41. The lowest BCUT2D eigenvalue weighted by atomic mass is 10.1. The predicted molar refractivity (Wildman–Crippen MR) is 77.7 cm³/mol. The molecule has 0 radical (unpaired) electrons. The van der Waals surface area contributed by atoms with Crippen LogP contribution < -0.4 is 0 Å². The molecule has 3 amide bonds. The van der Waals surface area contributed by atoms with E-state index in [2.05, 4.69) is 0 Å². The van der Waals surface area contributed by atoms with Gasteiger partial charge in [0, 0.05) is 19.9 Å². The number of likely N-dealkylation sites (tertiary alicyclic amines) is 2. The third-order valence-corrected chi connectivity index (χ3v) is 4.27. The van der Waals surface area contributed by atoms with Crippen molar-refractivity contribution in [2.75, 3.05) is 6.54 Å². The van der Waals surface area contributed by atoms with Crippen molar-refractivity contribution >= 4 is 17.9 Å². The smallest absolute Gasteiger partial charge is 0.410 e. The molecular weight excluding hydrogens is 284 g/mol. The minimum absolute atomic E-state index is 0.199. The number of carbonyl (C=O) groups excluding carboxylic acids is 3. The van der Waals surface area contributed by atoms with Crippen molar-refractivity contribution in [3.8, 4) is 0 Å². The molecule has 0 unspecified atom stereocenters. The zero-order valence-corrected chi connectivity index (χ0v) is 12.4. The number of hydrogen-bond acceptors (Lipinski definition) is 4. The van der Waals surface area contributed by atoms with Gasteiger partial charge in [-0.05, 0) is 12.0 Å². The van der Waals surface area contributed by atoms with Gasteiger partial charge in [0.05, 0.1) is 12.1 Å². The molecule has 2 aliphatic rings. The fourth-order valence-corrected chi connectivity index (χ4v) is 3.28. The summed E-state index contributed by atoms with van der Waals surface area (Å²) in [6.07, 6.45) is 0.399. The zero-order valence-electron chi connectivity index (χ0n) is 12.4. The number of benzene rings is 1. The van der Waals surface area contributed by atoms with Gasteiger partial charge in [0.2, 0.25) is 11.8 Å². The number of amides is 3. The molecule has 0 aliphatic carbocycles. The first-order valence-corrected chi connectivity index (χ1v) is 7.38. The molecule has 116 valence electrons. The van der Waals surface area contributed by atoms with Gasteiger partial charge in [-0.1, -0.05) is 30.3 Å². The highest BCUT2D eigenvalue weighted by molar-refractivity contribution is 5.97. The Morgan fingerprint density at radius 2 is 1.95 bits per heavy atom. The SMILES string of the molecule is CC(=O)N1C(=O)C[C@@H]2[C@@H]1CCN2C(=O)OCc1ccccc1. The Kier molecular flexibility index (Phi) is 3.83. The van der Waals surface area contributed by atoms with Crippen LogP contribution in [-0.4, -0.2) is 46.3 Å². The van der Waals surface area contributed by atoms with E-state index in [1.165, 1.54) is 11.8 Å². The molecule has 2 aliphatic heterocycles. The number of nitrogens with zero attached hydrogens (tertiary/aromatic N) is 2. The summed E-state index contributed by atoms with van der Waals surface area (Å²) in [4.78, 5) is 38.6. The Balaban J connectivity index is 1.63. The van der Waals surface area contributed by atoms with Crippen LogP contribution in [0, 0.1) is 0 Å². The number of fused-ring (bicyclic) bond motifs is 1. The van der Waals surface area contributed by atoms with E-state index in [9.17, 15) is 14.4 Å². The summed E-state index contributed by atoms with van der Waals surface area (Å²) in [6.45, 7) is 2.11. The van der Waals surface area contributed by atoms with Gasteiger partial charge in [0.1, 0.15) is 6.61 Å². The van der Waals surface area contributed by atoms with Crippen molar-refractivity contribution in [1.82, 2.24) is 9.80 Å². The highest BCUT2D eigenvalue weighted by atomic mass is 16.6. The lowest BCUT2D eigenvalue weighted by Gasteiger charge is -2.23. The van der Waals surface area contributed by atoms with Crippen LogP contribution in [0.5, 0.6) is 0 Å². The van der Waals surface area contributed by atoms with Gasteiger partial charge in [-0.15, -0.1) is 0 Å². The topological polar surface area (TPSA) is 66.9 Å². The minimum Gasteiger partial charge on any atom is -0.445 e. The second kappa shape index (κ2) is 5.79. The van der Waals surface area contributed by atoms with E-state index in [4.69, 9.17) is 4.74 Å². The average Bonchev–Trinajstić information content (AvgIpc) is 3.03. The molecule has 0 spiro atoms. The van der Waals surface area contributed by atoms with Gasteiger partial charge in [-0.2, -0.15) is 0 Å². The molecule has 2 saturated heterocycles. The third-order valence-electron chi connectivity index (χ3n) is 4.27. The average molecular weight is 302 g/mol. The fraction of sp³-hybridized carbons (Fsp3) is 0.438. The normalized spacial score (nSPS) is 23.6. The molecule has 1 aromatic carbocycles. The maximum absolute atomic E-state index is 12.2. The van der Waals surface area contributed by atoms with Crippen molar-refractivity contribution in [2.45, 2.75) is 38.5 Å². The standard InChI is InChI=1S/C16H18N2O4/c1-11(19)18-13-7-8-17(14(13)9-15(18)20)16(21)22-10-12-5-3-2-4-6-12/h2-6,13-14H,7-10H2,1H3/t13-,14+/m0/s1. The maximum Gasteiger partial charge on any atom is 0.410 e. The fourth-order valence-electron chi connectivity index (χ4n) is 3.28. The lowest BCUT2D eigenvalue weighted by molar-refractivity contribution is -0.142. The van der Waals surface area contributed by atoms with Gasteiger partial charge in [0.25, 0.3) is 0 Å². The molecule has 6 nitrogen and oxygen atoms in total. The van der Waals surface area contributed by atoms with Gasteiger partial charge >= 0.3 is 6.09 Å². The molecular formula is C16H18N2O4. The van der Waals surface area contributed by atoms with Crippen LogP contribution in [0.15, 0.2) is 30.3 Å². The van der Waals surface area contributed by atoms with Gasteiger partial charge in [-0.3, -0.25) is 14.5 Å². The quantitative estimate of drug-likeness (QED) is 0.831. The molecule has 22 heavy (non-hydrogen) atoms. The van der Waals surface area contributed by atoms with Crippen LogP contribution in [0.3, 0.4) is 0 Å². The van der Waals surface area contributed by atoms with E-state index in [1.807, 2.05) is 30.3 Å². The Labute approximate surface area is 128 Å². The number of hydrogen-bond donors (Lipinski definition) is 0. The monoisotopic (exact) mass is 302 g/mol. The first-order valence-electron chi connectivity index (χ1n) is 7.38. The summed E-state index contributed by atoms with van der Waals surface area (Å²) in [5.74, 6) is -0.458.